The Kier molecular flexibility index (Phi) is 6.25. The predicted molar refractivity (Wildman–Crippen MR) is 104 cm³/mol. The van der Waals surface area contributed by atoms with E-state index in [-0.39, 0.29) is 0 Å². The second-order valence-electron chi connectivity index (χ2n) is 5.80. The lowest BCUT2D eigenvalue weighted by Crippen LogP contribution is -2.28. The number of fused-ring (bicyclic) bond motifs is 1. The number of nitrogens with zero attached hydrogens (tertiary/aromatic N) is 2. The van der Waals surface area contributed by atoms with Gasteiger partial charge in [-0.25, -0.2) is 4.98 Å². The molecule has 25 heavy (non-hydrogen) atoms. The van der Waals surface area contributed by atoms with Gasteiger partial charge in [-0.2, -0.15) is 0 Å². The number of para-hydroxylation sites is 1. The molecule has 5 heteroatoms. The van der Waals surface area contributed by atoms with Gasteiger partial charge in [0, 0.05) is 6.54 Å². The summed E-state index contributed by atoms with van der Waals surface area (Å²) in [4.78, 5) is 6.88. The maximum absolute atomic E-state index is 5.85. The first-order valence-electron chi connectivity index (χ1n) is 8.77. The molecule has 0 atom stereocenters. The average molecular weight is 356 g/mol. The molecule has 2 aromatic carbocycles. The van der Waals surface area contributed by atoms with Crippen LogP contribution >= 0.6 is 11.3 Å². The molecule has 1 aromatic heterocycles. The molecule has 1 heterocycles. The van der Waals surface area contributed by atoms with Crippen LogP contribution in [-0.2, 0) is 0 Å². The van der Waals surface area contributed by atoms with E-state index in [1.165, 1.54) is 6.42 Å². The third-order valence-corrected chi connectivity index (χ3v) is 4.88. The Morgan fingerprint density at radius 3 is 2.44 bits per heavy atom. The van der Waals surface area contributed by atoms with Gasteiger partial charge in [0.15, 0.2) is 0 Å². The van der Waals surface area contributed by atoms with Crippen molar-refractivity contribution in [3.05, 3.63) is 48.5 Å². The van der Waals surface area contributed by atoms with Crippen LogP contribution in [0.4, 0.5) is 0 Å². The molecular weight excluding hydrogens is 332 g/mol. The molecule has 0 aliphatic carbocycles. The second kappa shape index (κ2) is 8.83. The van der Waals surface area contributed by atoms with E-state index < -0.39 is 0 Å². The van der Waals surface area contributed by atoms with E-state index in [4.69, 9.17) is 9.47 Å². The summed E-state index contributed by atoms with van der Waals surface area (Å²) in [7, 11) is 0. The zero-order valence-electron chi connectivity index (χ0n) is 14.8. The normalized spacial score (nSPS) is 11.2. The van der Waals surface area contributed by atoms with Crippen LogP contribution in [0.25, 0.3) is 10.2 Å². The van der Waals surface area contributed by atoms with Gasteiger partial charge in [0.25, 0.3) is 5.19 Å². The van der Waals surface area contributed by atoms with Gasteiger partial charge in [0.1, 0.15) is 18.1 Å². The first-order valence-corrected chi connectivity index (χ1v) is 9.58. The van der Waals surface area contributed by atoms with Gasteiger partial charge < -0.3 is 14.4 Å². The molecule has 3 aromatic rings. The van der Waals surface area contributed by atoms with E-state index in [9.17, 15) is 0 Å². The Hall–Kier alpha value is -2.11. The molecule has 0 unspecified atom stereocenters. The Morgan fingerprint density at radius 2 is 1.72 bits per heavy atom. The van der Waals surface area contributed by atoms with E-state index in [0.29, 0.717) is 11.8 Å². The first-order chi connectivity index (χ1) is 12.3. The van der Waals surface area contributed by atoms with E-state index >= 15 is 0 Å². The lowest BCUT2D eigenvalue weighted by Gasteiger charge is -2.19. The molecule has 0 saturated carbocycles. The van der Waals surface area contributed by atoms with Crippen LogP contribution in [0.3, 0.4) is 0 Å². The van der Waals surface area contributed by atoms with Gasteiger partial charge in [0.05, 0.1) is 10.2 Å². The van der Waals surface area contributed by atoms with Crippen LogP contribution in [-0.4, -0.2) is 36.1 Å². The highest BCUT2D eigenvalue weighted by molar-refractivity contribution is 7.20. The van der Waals surface area contributed by atoms with Crippen LogP contribution in [0.5, 0.6) is 16.7 Å². The van der Waals surface area contributed by atoms with Gasteiger partial charge in [-0.15, -0.1) is 0 Å². The molecule has 0 aliphatic heterocycles. The number of thiazole rings is 1. The topological polar surface area (TPSA) is 34.6 Å². The summed E-state index contributed by atoms with van der Waals surface area (Å²) in [6.45, 7) is 8.22. The summed E-state index contributed by atoms with van der Waals surface area (Å²) in [5, 5.41) is 0.660. The molecule has 0 saturated heterocycles. The van der Waals surface area contributed by atoms with Crippen molar-refractivity contribution in [2.45, 2.75) is 20.3 Å². The summed E-state index contributed by atoms with van der Waals surface area (Å²) >= 11 is 1.55. The Balaban J connectivity index is 1.53. The molecule has 0 fully saturated rings. The largest absolute Gasteiger partial charge is 0.492 e. The molecule has 0 spiro atoms. The number of hydrogen-bond donors (Lipinski definition) is 0. The van der Waals surface area contributed by atoms with Gasteiger partial charge in [0.2, 0.25) is 0 Å². The molecule has 0 N–H and O–H groups in total. The monoisotopic (exact) mass is 356 g/mol. The summed E-state index contributed by atoms with van der Waals surface area (Å²) in [6, 6.07) is 15.8. The van der Waals surface area contributed by atoms with Gasteiger partial charge in [-0.1, -0.05) is 37.3 Å². The summed E-state index contributed by atoms with van der Waals surface area (Å²) in [5.41, 5.74) is 0.968. The van der Waals surface area contributed by atoms with Crippen molar-refractivity contribution < 1.29 is 9.47 Å². The minimum Gasteiger partial charge on any atom is -0.492 e. The minimum atomic E-state index is 0.660. The SMILES string of the molecule is CCCN(CC)CCOc1ccc(Oc2nc3ccccc3s2)cc1. The number of rotatable bonds is 9. The highest BCUT2D eigenvalue weighted by atomic mass is 32.1. The standard InChI is InChI=1S/C20H24N2O2S/c1-3-13-22(4-2)14-15-23-16-9-11-17(12-10-16)24-20-21-18-7-5-6-8-19(18)25-20/h5-12H,3-4,13-15H2,1-2H3. The van der Waals surface area contributed by atoms with E-state index in [1.807, 2.05) is 42.5 Å². The number of hydrogen-bond acceptors (Lipinski definition) is 5. The van der Waals surface area contributed by atoms with Crippen LogP contribution in [0, 0.1) is 0 Å². The minimum absolute atomic E-state index is 0.660. The third kappa shape index (κ3) is 4.94. The molecule has 0 radical (unpaired) electrons. The van der Waals surface area contributed by atoms with Gasteiger partial charge in [-0.3, -0.25) is 0 Å². The Morgan fingerprint density at radius 1 is 0.960 bits per heavy atom. The maximum atomic E-state index is 5.85. The quantitative estimate of drug-likeness (QED) is 0.528. The highest BCUT2D eigenvalue weighted by Crippen LogP contribution is 2.31. The molecule has 132 valence electrons. The number of aromatic nitrogens is 1. The maximum Gasteiger partial charge on any atom is 0.279 e. The fourth-order valence-corrected chi connectivity index (χ4v) is 3.47. The number of benzene rings is 2. The molecule has 3 rings (SSSR count). The Labute approximate surface area is 153 Å². The average Bonchev–Trinajstić information content (AvgIpc) is 3.04. The summed E-state index contributed by atoms with van der Waals surface area (Å²) < 4.78 is 12.8. The number of likely N-dealkylation sites (N-methyl/N-ethyl adjacent to an activating group) is 1. The Bertz CT molecular complexity index is 753. The number of ether oxygens (including phenoxy) is 2. The lowest BCUT2D eigenvalue weighted by molar-refractivity contribution is 0.216. The van der Waals surface area contributed by atoms with Crippen LogP contribution in [0.15, 0.2) is 48.5 Å². The van der Waals surface area contributed by atoms with Crippen molar-refractivity contribution in [3.8, 4) is 16.7 Å². The van der Waals surface area contributed by atoms with Crippen molar-refractivity contribution >= 4 is 21.6 Å². The van der Waals surface area contributed by atoms with Gasteiger partial charge >= 0.3 is 0 Å². The predicted octanol–water partition coefficient (Wildman–Crippen LogP) is 5.20. The molecule has 0 bridgehead atoms. The first kappa shape index (κ1) is 17.7. The van der Waals surface area contributed by atoms with Crippen LogP contribution in [0.1, 0.15) is 20.3 Å². The second-order valence-corrected chi connectivity index (χ2v) is 6.80. The smallest absolute Gasteiger partial charge is 0.279 e. The van der Waals surface area contributed by atoms with Crippen molar-refractivity contribution in [1.29, 1.82) is 0 Å². The fourth-order valence-electron chi connectivity index (χ4n) is 2.64. The van der Waals surface area contributed by atoms with E-state index in [0.717, 1.165) is 41.3 Å². The fraction of sp³-hybridized carbons (Fsp3) is 0.350. The third-order valence-electron chi connectivity index (χ3n) is 3.97. The molecule has 4 nitrogen and oxygen atoms in total. The lowest BCUT2D eigenvalue weighted by atomic mass is 10.3. The van der Waals surface area contributed by atoms with Crippen molar-refractivity contribution in [3.63, 3.8) is 0 Å². The van der Waals surface area contributed by atoms with Crippen molar-refractivity contribution in [2.75, 3.05) is 26.2 Å². The van der Waals surface area contributed by atoms with E-state index in [2.05, 4.69) is 29.8 Å². The van der Waals surface area contributed by atoms with Gasteiger partial charge in [-0.05, 0) is 55.9 Å². The highest BCUT2D eigenvalue weighted by Gasteiger charge is 2.06. The van der Waals surface area contributed by atoms with E-state index in [1.54, 1.807) is 11.3 Å². The van der Waals surface area contributed by atoms with Crippen molar-refractivity contribution in [2.24, 2.45) is 0 Å². The zero-order chi connectivity index (χ0) is 17.5. The van der Waals surface area contributed by atoms with Crippen LogP contribution < -0.4 is 9.47 Å². The molecule has 0 aliphatic rings. The molecular formula is C20H24N2O2S. The zero-order valence-corrected chi connectivity index (χ0v) is 15.6. The summed E-state index contributed by atoms with van der Waals surface area (Å²) in [5.74, 6) is 1.64. The molecule has 0 amide bonds. The van der Waals surface area contributed by atoms with Crippen LogP contribution in [0.2, 0.25) is 0 Å². The van der Waals surface area contributed by atoms with Crippen molar-refractivity contribution in [1.82, 2.24) is 9.88 Å². The summed E-state index contributed by atoms with van der Waals surface area (Å²) in [6.07, 6.45) is 1.17.